The van der Waals surface area contributed by atoms with Gasteiger partial charge >= 0.3 is 0 Å². The molecule has 1 aromatic carbocycles. The molecule has 1 aromatic rings. The van der Waals surface area contributed by atoms with Crippen molar-refractivity contribution >= 4 is 0 Å². The monoisotopic (exact) mass is 190 g/mol. The molecule has 0 amide bonds. The Labute approximate surface area is 86.1 Å². The molecule has 0 fully saturated rings. The topological polar surface area (TPSA) is 9.23 Å². The quantitative estimate of drug-likeness (QED) is 0.659. The van der Waals surface area contributed by atoms with E-state index in [4.69, 9.17) is 4.74 Å². The van der Waals surface area contributed by atoms with Crippen LogP contribution in [0.1, 0.15) is 37.3 Å². The van der Waals surface area contributed by atoms with Crippen molar-refractivity contribution < 1.29 is 4.74 Å². The third kappa shape index (κ3) is 1.63. The highest BCUT2D eigenvalue weighted by Crippen LogP contribution is 2.36. The summed E-state index contributed by atoms with van der Waals surface area (Å²) in [5, 5.41) is 0. The fraction of sp³-hybridized carbons (Fsp3) is 0.538. The lowest BCUT2D eigenvalue weighted by atomic mass is 9.78. The molecule has 0 spiro atoms. The van der Waals surface area contributed by atoms with Gasteiger partial charge in [-0.05, 0) is 47.9 Å². The van der Waals surface area contributed by atoms with Gasteiger partial charge in [0.2, 0.25) is 0 Å². The first-order valence-corrected chi connectivity index (χ1v) is 5.37. The van der Waals surface area contributed by atoms with Crippen molar-refractivity contribution in [3.63, 3.8) is 0 Å². The summed E-state index contributed by atoms with van der Waals surface area (Å²) < 4.78 is 5.26. The minimum absolute atomic E-state index is 0.684. The first kappa shape index (κ1) is 9.57. The molecule has 0 bridgehead atoms. The van der Waals surface area contributed by atoms with E-state index in [1.165, 1.54) is 24.0 Å². The van der Waals surface area contributed by atoms with Crippen LogP contribution in [0.25, 0.3) is 0 Å². The average molecular weight is 190 g/mol. The number of benzene rings is 1. The number of hydrogen-bond donors (Lipinski definition) is 0. The lowest BCUT2D eigenvalue weighted by Gasteiger charge is -2.27. The van der Waals surface area contributed by atoms with Crippen LogP contribution >= 0.6 is 0 Å². The SMILES string of the molecule is COc1ccc2c(c1)C(C)CC(C)C2. The smallest absolute Gasteiger partial charge is 0.119 e. The van der Waals surface area contributed by atoms with Crippen molar-refractivity contribution in [2.45, 2.75) is 32.6 Å². The fourth-order valence-electron chi connectivity index (χ4n) is 2.53. The van der Waals surface area contributed by atoms with Gasteiger partial charge in [-0.1, -0.05) is 19.9 Å². The van der Waals surface area contributed by atoms with Gasteiger partial charge < -0.3 is 4.74 Å². The van der Waals surface area contributed by atoms with Gasteiger partial charge in [-0.15, -0.1) is 0 Å². The zero-order valence-corrected chi connectivity index (χ0v) is 9.21. The first-order valence-electron chi connectivity index (χ1n) is 5.37. The molecule has 0 saturated heterocycles. The van der Waals surface area contributed by atoms with Gasteiger partial charge in [0, 0.05) is 0 Å². The predicted octanol–water partition coefficient (Wildman–Crippen LogP) is 3.38. The Morgan fingerprint density at radius 3 is 2.79 bits per heavy atom. The van der Waals surface area contributed by atoms with Crippen molar-refractivity contribution in [2.75, 3.05) is 7.11 Å². The van der Waals surface area contributed by atoms with Crippen LogP contribution in [0.5, 0.6) is 5.75 Å². The van der Waals surface area contributed by atoms with Crippen LogP contribution in [0, 0.1) is 5.92 Å². The number of hydrogen-bond acceptors (Lipinski definition) is 1. The number of ether oxygens (including phenoxy) is 1. The van der Waals surface area contributed by atoms with Crippen molar-refractivity contribution in [3.05, 3.63) is 29.3 Å². The zero-order valence-electron chi connectivity index (χ0n) is 9.21. The van der Waals surface area contributed by atoms with E-state index < -0.39 is 0 Å². The summed E-state index contributed by atoms with van der Waals surface area (Å²) in [6.07, 6.45) is 2.53. The van der Waals surface area contributed by atoms with Gasteiger partial charge in [-0.2, -0.15) is 0 Å². The molecule has 0 heterocycles. The van der Waals surface area contributed by atoms with Crippen LogP contribution in [0.15, 0.2) is 18.2 Å². The maximum Gasteiger partial charge on any atom is 0.119 e. The molecule has 1 aliphatic carbocycles. The van der Waals surface area contributed by atoms with Crippen molar-refractivity contribution in [1.29, 1.82) is 0 Å². The Morgan fingerprint density at radius 1 is 1.29 bits per heavy atom. The summed E-state index contributed by atoms with van der Waals surface area (Å²) in [6.45, 7) is 4.65. The Balaban J connectivity index is 2.39. The largest absolute Gasteiger partial charge is 0.497 e. The molecule has 1 heteroatoms. The molecule has 0 aliphatic heterocycles. The summed E-state index contributed by atoms with van der Waals surface area (Å²) >= 11 is 0. The molecular formula is C13H18O. The van der Waals surface area contributed by atoms with Gasteiger partial charge in [0.25, 0.3) is 0 Å². The molecule has 1 aliphatic rings. The molecule has 2 rings (SSSR count). The third-order valence-corrected chi connectivity index (χ3v) is 3.21. The minimum atomic E-state index is 0.684. The van der Waals surface area contributed by atoms with E-state index in [0.717, 1.165) is 11.7 Å². The highest BCUT2D eigenvalue weighted by Gasteiger charge is 2.21. The molecule has 1 nitrogen and oxygen atoms in total. The maximum absolute atomic E-state index is 5.26. The van der Waals surface area contributed by atoms with Crippen LogP contribution < -0.4 is 4.74 Å². The number of fused-ring (bicyclic) bond motifs is 1. The average Bonchev–Trinajstić information content (AvgIpc) is 2.17. The van der Waals surface area contributed by atoms with E-state index in [0.29, 0.717) is 5.92 Å². The summed E-state index contributed by atoms with van der Waals surface area (Å²) in [4.78, 5) is 0. The second-order valence-corrected chi connectivity index (χ2v) is 4.51. The summed E-state index contributed by atoms with van der Waals surface area (Å²) in [5.41, 5.74) is 3.00. The second kappa shape index (κ2) is 3.64. The van der Waals surface area contributed by atoms with Gasteiger partial charge in [0.05, 0.1) is 7.11 Å². The Bertz CT molecular complexity index is 330. The predicted molar refractivity (Wildman–Crippen MR) is 58.9 cm³/mol. The highest BCUT2D eigenvalue weighted by atomic mass is 16.5. The van der Waals surface area contributed by atoms with Gasteiger partial charge in [0.1, 0.15) is 5.75 Å². The van der Waals surface area contributed by atoms with Crippen molar-refractivity contribution in [3.8, 4) is 5.75 Å². The first-order chi connectivity index (χ1) is 6.70. The molecule has 2 unspecified atom stereocenters. The minimum Gasteiger partial charge on any atom is -0.497 e. The number of methoxy groups -OCH3 is 1. The molecule has 0 aromatic heterocycles. The lowest BCUT2D eigenvalue weighted by Crippen LogP contribution is -2.14. The van der Waals surface area contributed by atoms with E-state index in [9.17, 15) is 0 Å². The Morgan fingerprint density at radius 2 is 2.07 bits per heavy atom. The Kier molecular flexibility index (Phi) is 2.49. The summed E-state index contributed by atoms with van der Waals surface area (Å²) in [7, 11) is 1.73. The molecule has 0 radical (unpaired) electrons. The highest BCUT2D eigenvalue weighted by molar-refractivity contribution is 5.39. The standard InChI is InChI=1S/C13H18O/c1-9-6-10(2)13-8-12(14-3)5-4-11(13)7-9/h4-5,8-10H,6-7H2,1-3H3. The van der Waals surface area contributed by atoms with E-state index in [1.54, 1.807) is 7.11 Å². The van der Waals surface area contributed by atoms with Crippen molar-refractivity contribution in [1.82, 2.24) is 0 Å². The Hall–Kier alpha value is -0.980. The summed E-state index contributed by atoms with van der Waals surface area (Å²) in [5.74, 6) is 2.50. The van der Waals surface area contributed by atoms with Gasteiger partial charge in [-0.25, -0.2) is 0 Å². The van der Waals surface area contributed by atoms with Crippen LogP contribution in [0.2, 0.25) is 0 Å². The van der Waals surface area contributed by atoms with E-state index in [-0.39, 0.29) is 0 Å². The molecule has 2 atom stereocenters. The number of rotatable bonds is 1. The van der Waals surface area contributed by atoms with E-state index in [2.05, 4.69) is 32.0 Å². The van der Waals surface area contributed by atoms with Crippen molar-refractivity contribution in [2.24, 2.45) is 5.92 Å². The van der Waals surface area contributed by atoms with Crippen LogP contribution in [-0.2, 0) is 6.42 Å². The molecule has 76 valence electrons. The van der Waals surface area contributed by atoms with Crippen LogP contribution in [-0.4, -0.2) is 7.11 Å². The summed E-state index contributed by atoms with van der Waals surface area (Å²) in [6, 6.07) is 6.50. The normalized spacial score (nSPS) is 25.6. The fourth-order valence-corrected chi connectivity index (χ4v) is 2.53. The molecule has 0 N–H and O–H groups in total. The third-order valence-electron chi connectivity index (χ3n) is 3.21. The van der Waals surface area contributed by atoms with Gasteiger partial charge in [-0.3, -0.25) is 0 Å². The van der Waals surface area contributed by atoms with Crippen LogP contribution in [0.3, 0.4) is 0 Å². The molecule has 0 saturated carbocycles. The second-order valence-electron chi connectivity index (χ2n) is 4.51. The molecule has 14 heavy (non-hydrogen) atoms. The van der Waals surface area contributed by atoms with Gasteiger partial charge in [0.15, 0.2) is 0 Å². The van der Waals surface area contributed by atoms with E-state index in [1.807, 2.05) is 0 Å². The zero-order chi connectivity index (χ0) is 10.1. The van der Waals surface area contributed by atoms with E-state index >= 15 is 0 Å². The molecular weight excluding hydrogens is 172 g/mol. The van der Waals surface area contributed by atoms with Crippen LogP contribution in [0.4, 0.5) is 0 Å². The lowest BCUT2D eigenvalue weighted by molar-refractivity contribution is 0.408. The maximum atomic E-state index is 5.26.